The zero-order valence-corrected chi connectivity index (χ0v) is 11.6. The molecule has 0 saturated carbocycles. The molecule has 0 aliphatic heterocycles. The fourth-order valence-corrected chi connectivity index (χ4v) is 0.294. The molecular weight excluding hydrogens is 323 g/mol. The van der Waals surface area contributed by atoms with Gasteiger partial charge in [-0.3, -0.25) is 4.79 Å². The summed E-state index contributed by atoms with van der Waals surface area (Å²) >= 11 is 0. The number of aliphatic hydroxyl groups is 2. The van der Waals surface area contributed by atoms with Crippen molar-refractivity contribution in [3.63, 3.8) is 0 Å². The Morgan fingerprint density at radius 3 is 1.58 bits per heavy atom. The predicted octanol–water partition coefficient (Wildman–Crippen LogP) is 1.42. The molecule has 0 unspecified atom stereocenters. The molecule has 0 aromatic rings. The number of allylic oxidation sites excluding steroid dienone is 2. The smallest absolute Gasteiger partial charge is 0.155 e. The van der Waals surface area contributed by atoms with Crippen LogP contribution in [0.3, 0.4) is 0 Å². The van der Waals surface area contributed by atoms with Gasteiger partial charge in [0.25, 0.3) is 0 Å². The van der Waals surface area contributed by atoms with E-state index < -0.39 is 0 Å². The van der Waals surface area contributed by atoms with Crippen molar-refractivity contribution in [2.75, 3.05) is 0 Å². The minimum atomic E-state index is -0.167. The van der Waals surface area contributed by atoms with E-state index >= 15 is 0 Å². The number of hydrogen-bond donors (Lipinski definition) is 2. The molecule has 0 aliphatic rings. The Kier molecular flexibility index (Phi) is 16.5. The van der Waals surface area contributed by atoms with Gasteiger partial charge in [0.1, 0.15) is 0 Å². The summed E-state index contributed by atoms with van der Waals surface area (Å²) in [5.41, 5.74) is 0. The zero-order valence-electron chi connectivity index (χ0n) is 7.96. The summed E-state index contributed by atoms with van der Waals surface area (Å²) in [5, 5.41) is 16.4. The van der Waals surface area contributed by atoms with Gasteiger partial charge in [0.05, 0.1) is 5.76 Å². The van der Waals surface area contributed by atoms with Crippen molar-refractivity contribution in [3.8, 4) is 0 Å². The van der Waals surface area contributed by atoms with Gasteiger partial charge in [-0.05, 0) is 27.7 Å². The van der Waals surface area contributed by atoms with Gasteiger partial charge in [0.2, 0.25) is 0 Å². The molecule has 0 rings (SSSR count). The number of carbonyl (C=O) groups is 1. The second kappa shape index (κ2) is 11.0. The van der Waals surface area contributed by atoms with Gasteiger partial charge in [-0.1, -0.05) is 0 Å². The van der Waals surface area contributed by atoms with E-state index in [9.17, 15) is 4.79 Å². The van der Waals surface area contributed by atoms with Crippen LogP contribution in [0.15, 0.2) is 11.8 Å². The third-order valence-electron chi connectivity index (χ3n) is 0.412. The molecule has 0 fully saturated rings. The van der Waals surface area contributed by atoms with E-state index in [4.69, 9.17) is 10.2 Å². The van der Waals surface area contributed by atoms with Crippen LogP contribution in [0.4, 0.5) is 0 Å². The minimum absolute atomic E-state index is 0. The van der Waals surface area contributed by atoms with Crippen LogP contribution in [-0.4, -0.2) is 22.1 Å². The maximum atomic E-state index is 10.0. The van der Waals surface area contributed by atoms with Crippen molar-refractivity contribution in [2.45, 2.75) is 33.8 Å². The van der Waals surface area contributed by atoms with Crippen LogP contribution in [-0.2, 0) is 30.6 Å². The van der Waals surface area contributed by atoms with Crippen LogP contribution >= 0.6 is 0 Å². The van der Waals surface area contributed by atoms with Crippen molar-refractivity contribution in [3.05, 3.63) is 11.8 Å². The Hall–Kier alpha value is 0.0401. The van der Waals surface area contributed by atoms with Crippen LogP contribution < -0.4 is 0 Å². The molecule has 0 atom stereocenters. The molecule has 0 spiro atoms. The first kappa shape index (κ1) is 18.0. The van der Waals surface area contributed by atoms with Crippen molar-refractivity contribution in [1.82, 2.24) is 0 Å². The van der Waals surface area contributed by atoms with Crippen molar-refractivity contribution in [2.24, 2.45) is 0 Å². The van der Waals surface area contributed by atoms with E-state index in [0.29, 0.717) is 0 Å². The van der Waals surface area contributed by atoms with Crippen molar-refractivity contribution < 1.29 is 40.9 Å². The predicted molar refractivity (Wildman–Crippen MR) is 44.4 cm³/mol. The fourth-order valence-electron chi connectivity index (χ4n) is 0.294. The maximum absolute atomic E-state index is 10.0. The Bertz CT molecular complexity index is 134. The largest absolute Gasteiger partial charge is 0.512 e. The van der Waals surface area contributed by atoms with Crippen molar-refractivity contribution in [1.29, 1.82) is 0 Å². The first-order chi connectivity index (χ1) is 4.86. The molecule has 0 amide bonds. The Morgan fingerprint density at radius 1 is 1.33 bits per heavy atom. The zero-order chi connectivity index (χ0) is 9.44. The van der Waals surface area contributed by atoms with E-state index in [1.807, 2.05) is 0 Å². The molecule has 2 N–H and O–H groups in total. The second-order valence-corrected chi connectivity index (χ2v) is 2.49. The summed E-state index contributed by atoms with van der Waals surface area (Å²) in [7, 11) is 0. The van der Waals surface area contributed by atoms with E-state index in [1.54, 1.807) is 13.8 Å². The van der Waals surface area contributed by atoms with Gasteiger partial charge in [-0.15, -0.1) is 0 Å². The Morgan fingerprint density at radius 2 is 1.58 bits per heavy atom. The quantitative estimate of drug-likeness (QED) is 0.432. The summed E-state index contributed by atoms with van der Waals surface area (Å²) in [6.07, 6.45) is 1.000. The molecule has 0 aromatic heterocycles. The topological polar surface area (TPSA) is 57.5 Å². The molecule has 0 heterocycles. The van der Waals surface area contributed by atoms with Gasteiger partial charge < -0.3 is 10.2 Å². The maximum Gasteiger partial charge on any atom is 0.155 e. The van der Waals surface area contributed by atoms with Gasteiger partial charge in [-0.2, -0.15) is 0 Å². The van der Waals surface area contributed by atoms with Gasteiger partial charge >= 0.3 is 0 Å². The third kappa shape index (κ3) is 50.3. The number of ketones is 1. The summed E-state index contributed by atoms with van der Waals surface area (Å²) in [5.74, 6) is -0.0625. The number of aliphatic hydroxyl groups excluding tert-OH is 2. The van der Waals surface area contributed by atoms with Crippen LogP contribution in [0.25, 0.3) is 0 Å². The third-order valence-corrected chi connectivity index (χ3v) is 0.412. The monoisotopic (exact) mass is 340 g/mol. The number of hydrogen-bond acceptors (Lipinski definition) is 3. The van der Waals surface area contributed by atoms with E-state index in [1.165, 1.54) is 19.9 Å². The molecule has 12 heavy (non-hydrogen) atoms. The normalized spacial score (nSPS) is 9.67. The molecule has 70 valence electrons. The van der Waals surface area contributed by atoms with Crippen LogP contribution in [0.2, 0.25) is 0 Å². The summed E-state index contributed by atoms with van der Waals surface area (Å²) < 4.78 is 0. The summed E-state index contributed by atoms with van der Waals surface area (Å²) in [6.45, 7) is 6.29. The molecule has 0 aliphatic carbocycles. The minimum Gasteiger partial charge on any atom is -0.512 e. The number of carbonyl (C=O) groups excluding carboxylic acids is 1. The number of rotatable bonds is 1. The second-order valence-electron chi connectivity index (χ2n) is 2.49. The first-order valence-corrected chi connectivity index (χ1v) is 3.42. The van der Waals surface area contributed by atoms with Gasteiger partial charge in [-0.25, -0.2) is 0 Å². The molecular formula is C8H16HfO3. The molecule has 0 saturated heterocycles. The summed E-state index contributed by atoms with van der Waals surface area (Å²) in [4.78, 5) is 10.0. The van der Waals surface area contributed by atoms with Crippen molar-refractivity contribution >= 4 is 5.78 Å². The van der Waals surface area contributed by atoms with E-state index in [-0.39, 0.29) is 43.5 Å². The molecule has 3 nitrogen and oxygen atoms in total. The standard InChI is InChI=1S/C5H8O2.C3H8O.Hf/c1-4(6)3-5(2)7;1-3(2)4;/h3,6H,1-2H3;3-4H,1-2H3;/b4-3-;;. The summed E-state index contributed by atoms with van der Waals surface area (Å²) in [6, 6.07) is 0. The van der Waals surface area contributed by atoms with Gasteiger partial charge in [0.15, 0.2) is 5.78 Å². The average molecular weight is 339 g/mol. The van der Waals surface area contributed by atoms with E-state index in [2.05, 4.69) is 0 Å². The van der Waals surface area contributed by atoms with Crippen LogP contribution in [0.5, 0.6) is 0 Å². The Balaban J connectivity index is -0.000000142. The molecule has 4 heteroatoms. The SMILES string of the molecule is CC(=O)/C=C(/C)O.CC(C)O.[Hf]. The van der Waals surface area contributed by atoms with Crippen LogP contribution in [0.1, 0.15) is 27.7 Å². The average Bonchev–Trinajstić information content (AvgIpc) is 1.56. The van der Waals surface area contributed by atoms with Crippen LogP contribution in [0, 0.1) is 0 Å². The molecule has 0 bridgehead atoms. The molecule has 0 radical (unpaired) electrons. The Labute approximate surface area is 92.3 Å². The van der Waals surface area contributed by atoms with E-state index in [0.717, 1.165) is 0 Å². The van der Waals surface area contributed by atoms with Gasteiger partial charge in [0, 0.05) is 38.0 Å². The fraction of sp³-hybridized carbons (Fsp3) is 0.625. The molecule has 0 aromatic carbocycles. The first-order valence-electron chi connectivity index (χ1n) is 3.42.